The first-order valence-electron chi connectivity index (χ1n) is 7.11. The van der Waals surface area contributed by atoms with E-state index in [9.17, 15) is 4.39 Å². The molecule has 1 aliphatic carbocycles. The molecule has 0 heterocycles. The number of anilines is 1. The van der Waals surface area contributed by atoms with Crippen molar-refractivity contribution in [2.45, 2.75) is 52.1 Å². The van der Waals surface area contributed by atoms with Gasteiger partial charge in [-0.2, -0.15) is 0 Å². The van der Waals surface area contributed by atoms with Crippen molar-refractivity contribution < 1.29 is 4.39 Å². The Labute approximate surface area is 115 Å². The second-order valence-electron chi connectivity index (χ2n) is 6.70. The van der Waals surface area contributed by atoms with Crippen LogP contribution in [0.3, 0.4) is 0 Å². The first-order chi connectivity index (χ1) is 8.85. The monoisotopic (exact) mass is 264 g/mol. The summed E-state index contributed by atoms with van der Waals surface area (Å²) in [7, 11) is 2.13. The van der Waals surface area contributed by atoms with Gasteiger partial charge in [0.05, 0.1) is 0 Å². The van der Waals surface area contributed by atoms with Crippen molar-refractivity contribution in [1.29, 1.82) is 0 Å². The van der Waals surface area contributed by atoms with Gasteiger partial charge in [-0.25, -0.2) is 4.39 Å². The third kappa shape index (κ3) is 3.93. The molecule has 0 unspecified atom stereocenters. The third-order valence-corrected chi connectivity index (χ3v) is 4.34. The van der Waals surface area contributed by atoms with Gasteiger partial charge in [0, 0.05) is 18.3 Å². The van der Waals surface area contributed by atoms with Crippen LogP contribution in [0.15, 0.2) is 18.2 Å². The number of rotatable bonds is 3. The van der Waals surface area contributed by atoms with Crippen molar-refractivity contribution in [2.24, 2.45) is 5.41 Å². The molecular formula is C16H25FN2. The van der Waals surface area contributed by atoms with Crippen LogP contribution in [-0.4, -0.2) is 18.0 Å². The van der Waals surface area contributed by atoms with Gasteiger partial charge < -0.3 is 5.73 Å². The van der Waals surface area contributed by atoms with E-state index >= 15 is 0 Å². The zero-order valence-corrected chi connectivity index (χ0v) is 12.2. The SMILES string of the molecule is CN(Cc1cc(N)cc(F)c1)C1CCC(C)(C)CC1. The number of nitrogens with two attached hydrogens (primary N) is 1. The van der Waals surface area contributed by atoms with Crippen LogP contribution in [0.2, 0.25) is 0 Å². The average molecular weight is 264 g/mol. The molecule has 0 atom stereocenters. The van der Waals surface area contributed by atoms with Crippen LogP contribution in [0.1, 0.15) is 45.1 Å². The van der Waals surface area contributed by atoms with Crippen molar-refractivity contribution in [2.75, 3.05) is 12.8 Å². The predicted molar refractivity (Wildman–Crippen MR) is 78.3 cm³/mol. The highest BCUT2D eigenvalue weighted by atomic mass is 19.1. The van der Waals surface area contributed by atoms with Crippen LogP contribution in [0.25, 0.3) is 0 Å². The number of hydrogen-bond donors (Lipinski definition) is 1. The fourth-order valence-electron chi connectivity index (χ4n) is 3.01. The Hall–Kier alpha value is -1.09. The molecular weight excluding hydrogens is 239 g/mol. The first kappa shape index (κ1) is 14.3. The largest absolute Gasteiger partial charge is 0.399 e. The van der Waals surface area contributed by atoms with E-state index in [1.54, 1.807) is 6.07 Å². The van der Waals surface area contributed by atoms with Gasteiger partial charge in [-0.05, 0) is 61.9 Å². The summed E-state index contributed by atoms with van der Waals surface area (Å²) < 4.78 is 13.3. The van der Waals surface area contributed by atoms with E-state index in [0.717, 1.165) is 12.1 Å². The Morgan fingerprint density at radius 2 is 1.89 bits per heavy atom. The van der Waals surface area contributed by atoms with Crippen molar-refractivity contribution in [1.82, 2.24) is 4.90 Å². The molecule has 2 rings (SSSR count). The summed E-state index contributed by atoms with van der Waals surface area (Å²) in [4.78, 5) is 2.34. The number of nitrogens with zero attached hydrogens (tertiary/aromatic N) is 1. The van der Waals surface area contributed by atoms with E-state index in [0.29, 0.717) is 17.1 Å². The molecule has 0 spiro atoms. The number of halogens is 1. The zero-order valence-electron chi connectivity index (χ0n) is 12.2. The minimum absolute atomic E-state index is 0.242. The Morgan fingerprint density at radius 3 is 2.47 bits per heavy atom. The molecule has 3 heteroatoms. The molecule has 2 N–H and O–H groups in total. The lowest BCUT2D eigenvalue weighted by Gasteiger charge is -2.38. The lowest BCUT2D eigenvalue weighted by Crippen LogP contribution is -2.36. The summed E-state index contributed by atoms with van der Waals surface area (Å²) in [6, 6.07) is 5.43. The van der Waals surface area contributed by atoms with E-state index in [1.807, 2.05) is 6.07 Å². The number of benzene rings is 1. The Bertz CT molecular complexity index is 412. The van der Waals surface area contributed by atoms with Crippen LogP contribution in [0, 0.1) is 11.2 Å². The molecule has 1 aliphatic rings. The summed E-state index contributed by atoms with van der Waals surface area (Å²) in [5.74, 6) is -0.242. The minimum Gasteiger partial charge on any atom is -0.399 e. The molecule has 106 valence electrons. The summed E-state index contributed by atoms with van der Waals surface area (Å²) in [5, 5.41) is 0. The fourth-order valence-corrected chi connectivity index (χ4v) is 3.01. The lowest BCUT2D eigenvalue weighted by atomic mass is 9.75. The molecule has 1 fully saturated rings. The Kier molecular flexibility index (Phi) is 4.14. The molecule has 1 saturated carbocycles. The van der Waals surface area contributed by atoms with Crippen LogP contribution in [-0.2, 0) is 6.54 Å². The molecule has 0 aliphatic heterocycles. The second kappa shape index (κ2) is 5.49. The first-order valence-corrected chi connectivity index (χ1v) is 7.11. The highest BCUT2D eigenvalue weighted by molar-refractivity contribution is 5.41. The van der Waals surface area contributed by atoms with Gasteiger partial charge in [0.25, 0.3) is 0 Å². The summed E-state index contributed by atoms with van der Waals surface area (Å²) in [6.45, 7) is 5.46. The molecule has 0 bridgehead atoms. The van der Waals surface area contributed by atoms with Gasteiger partial charge in [-0.1, -0.05) is 13.8 Å². The van der Waals surface area contributed by atoms with Gasteiger partial charge in [0.1, 0.15) is 5.82 Å². The van der Waals surface area contributed by atoms with Crippen LogP contribution < -0.4 is 5.73 Å². The number of nitrogen functional groups attached to an aromatic ring is 1. The minimum atomic E-state index is -0.242. The maximum atomic E-state index is 13.3. The van der Waals surface area contributed by atoms with E-state index in [1.165, 1.54) is 31.7 Å². The van der Waals surface area contributed by atoms with Crippen LogP contribution >= 0.6 is 0 Å². The van der Waals surface area contributed by atoms with Gasteiger partial charge in [0.2, 0.25) is 0 Å². The van der Waals surface area contributed by atoms with E-state index in [4.69, 9.17) is 5.73 Å². The summed E-state index contributed by atoms with van der Waals surface area (Å²) in [5.41, 5.74) is 7.65. The molecule has 2 nitrogen and oxygen atoms in total. The topological polar surface area (TPSA) is 29.3 Å². The van der Waals surface area contributed by atoms with Crippen molar-refractivity contribution in [3.63, 3.8) is 0 Å². The van der Waals surface area contributed by atoms with Crippen LogP contribution in [0.4, 0.5) is 10.1 Å². The standard InChI is InChI=1S/C16H25FN2/c1-16(2)6-4-15(5-7-16)19(3)11-12-8-13(17)10-14(18)9-12/h8-10,15H,4-7,11,18H2,1-3H3. The normalized spacial score (nSPS) is 19.8. The maximum absolute atomic E-state index is 13.3. The lowest BCUT2D eigenvalue weighted by molar-refractivity contribution is 0.123. The predicted octanol–water partition coefficient (Wildman–Crippen LogP) is 3.81. The zero-order chi connectivity index (χ0) is 14.0. The Balaban J connectivity index is 1.96. The highest BCUT2D eigenvalue weighted by Crippen LogP contribution is 2.36. The van der Waals surface area contributed by atoms with Gasteiger partial charge in [0.15, 0.2) is 0 Å². The third-order valence-electron chi connectivity index (χ3n) is 4.34. The van der Waals surface area contributed by atoms with Crippen molar-refractivity contribution in [3.8, 4) is 0 Å². The fraction of sp³-hybridized carbons (Fsp3) is 0.625. The molecule has 0 radical (unpaired) electrons. The average Bonchev–Trinajstić information content (AvgIpc) is 2.26. The summed E-state index contributed by atoms with van der Waals surface area (Å²) >= 11 is 0. The molecule has 0 amide bonds. The van der Waals surface area contributed by atoms with Gasteiger partial charge in [-0.3, -0.25) is 4.90 Å². The molecule has 0 aromatic heterocycles. The van der Waals surface area contributed by atoms with Gasteiger partial charge >= 0.3 is 0 Å². The molecule has 19 heavy (non-hydrogen) atoms. The highest BCUT2D eigenvalue weighted by Gasteiger charge is 2.28. The van der Waals surface area contributed by atoms with Crippen molar-refractivity contribution in [3.05, 3.63) is 29.6 Å². The summed E-state index contributed by atoms with van der Waals surface area (Å²) in [6.07, 6.45) is 5.00. The quantitative estimate of drug-likeness (QED) is 0.841. The smallest absolute Gasteiger partial charge is 0.125 e. The van der Waals surface area contributed by atoms with E-state index < -0.39 is 0 Å². The second-order valence-corrected chi connectivity index (χ2v) is 6.70. The van der Waals surface area contributed by atoms with E-state index in [2.05, 4.69) is 25.8 Å². The maximum Gasteiger partial charge on any atom is 0.125 e. The number of hydrogen-bond acceptors (Lipinski definition) is 2. The Morgan fingerprint density at radius 1 is 1.26 bits per heavy atom. The molecule has 1 aromatic rings. The molecule has 1 aromatic carbocycles. The van der Waals surface area contributed by atoms with E-state index in [-0.39, 0.29) is 5.82 Å². The van der Waals surface area contributed by atoms with Gasteiger partial charge in [-0.15, -0.1) is 0 Å². The molecule has 0 saturated heterocycles. The van der Waals surface area contributed by atoms with Crippen molar-refractivity contribution >= 4 is 5.69 Å². The van der Waals surface area contributed by atoms with Crippen LogP contribution in [0.5, 0.6) is 0 Å².